The van der Waals surface area contributed by atoms with Crippen LogP contribution in [0.15, 0.2) is 52.6 Å². The van der Waals surface area contributed by atoms with Crippen LogP contribution in [0.1, 0.15) is 21.6 Å². The number of nitrogens with zero attached hydrogens (tertiary/aromatic N) is 3. The van der Waals surface area contributed by atoms with Gasteiger partial charge in [-0.3, -0.25) is 14.6 Å². The first-order valence-corrected chi connectivity index (χ1v) is 9.59. The Bertz CT molecular complexity index is 1260. The van der Waals surface area contributed by atoms with Gasteiger partial charge in [-0.2, -0.15) is 9.78 Å². The number of carbonyl (C=O) groups excluding carboxylic acids is 1. The summed E-state index contributed by atoms with van der Waals surface area (Å²) in [7, 11) is 0. The van der Waals surface area contributed by atoms with Crippen LogP contribution in [-0.4, -0.2) is 25.7 Å². The number of aryl methyl sites for hydroxylation is 1. The predicted molar refractivity (Wildman–Crippen MR) is 109 cm³/mol. The van der Waals surface area contributed by atoms with E-state index < -0.39 is 11.7 Å². The van der Waals surface area contributed by atoms with Crippen molar-refractivity contribution in [1.29, 1.82) is 0 Å². The SMILES string of the molecule is Cc1nc(-n2nc(-c3cccs3)cc2NC(=O)c2cccc(F)c2)[nH]c(=O)c1C. The first-order valence-electron chi connectivity index (χ1n) is 8.71. The molecule has 0 aliphatic heterocycles. The lowest BCUT2D eigenvalue weighted by atomic mass is 10.2. The minimum Gasteiger partial charge on any atom is -0.306 e. The van der Waals surface area contributed by atoms with Gasteiger partial charge < -0.3 is 5.32 Å². The zero-order valence-corrected chi connectivity index (χ0v) is 16.4. The number of halogens is 1. The van der Waals surface area contributed by atoms with Crippen LogP contribution < -0.4 is 10.9 Å². The van der Waals surface area contributed by atoms with E-state index in [0.29, 0.717) is 22.8 Å². The van der Waals surface area contributed by atoms with Gasteiger partial charge in [0, 0.05) is 22.9 Å². The quantitative estimate of drug-likeness (QED) is 0.538. The van der Waals surface area contributed by atoms with Crippen LogP contribution >= 0.6 is 11.3 Å². The van der Waals surface area contributed by atoms with Gasteiger partial charge in [-0.25, -0.2) is 9.37 Å². The third-order valence-electron chi connectivity index (χ3n) is 4.39. The molecule has 0 saturated heterocycles. The van der Waals surface area contributed by atoms with E-state index in [2.05, 4.69) is 20.4 Å². The zero-order chi connectivity index (χ0) is 20.5. The molecule has 7 nitrogen and oxygen atoms in total. The summed E-state index contributed by atoms with van der Waals surface area (Å²) < 4.78 is 14.8. The molecule has 1 aromatic carbocycles. The average Bonchev–Trinajstić information content (AvgIpc) is 3.35. The average molecular weight is 409 g/mol. The van der Waals surface area contributed by atoms with Gasteiger partial charge in [0.15, 0.2) is 0 Å². The molecule has 3 aromatic heterocycles. The molecule has 0 aliphatic carbocycles. The van der Waals surface area contributed by atoms with Gasteiger partial charge >= 0.3 is 0 Å². The number of carbonyl (C=O) groups is 1. The summed E-state index contributed by atoms with van der Waals surface area (Å²) in [4.78, 5) is 32.8. The summed E-state index contributed by atoms with van der Waals surface area (Å²) in [6.45, 7) is 3.40. The van der Waals surface area contributed by atoms with Crippen LogP contribution in [0.3, 0.4) is 0 Å². The standard InChI is InChI=1S/C20H16FN5O2S/c1-11-12(2)22-20(24-18(11)27)26-17(10-15(25-26)16-7-4-8-29-16)23-19(28)13-5-3-6-14(21)9-13/h3-10H,1-2H3,(H,23,28)(H,22,24,27). The van der Waals surface area contributed by atoms with Gasteiger partial charge in [0.2, 0.25) is 5.95 Å². The fourth-order valence-corrected chi connectivity index (χ4v) is 3.41. The Morgan fingerprint density at radius 3 is 2.72 bits per heavy atom. The molecule has 0 aliphatic rings. The molecule has 2 N–H and O–H groups in total. The smallest absolute Gasteiger partial charge is 0.256 e. The fraction of sp³-hybridized carbons (Fsp3) is 0.100. The second-order valence-electron chi connectivity index (χ2n) is 6.37. The highest BCUT2D eigenvalue weighted by atomic mass is 32.1. The Morgan fingerprint density at radius 1 is 1.21 bits per heavy atom. The van der Waals surface area contributed by atoms with E-state index in [1.807, 2.05) is 17.5 Å². The van der Waals surface area contributed by atoms with Gasteiger partial charge in [0.05, 0.1) is 4.88 Å². The van der Waals surface area contributed by atoms with Gasteiger partial charge in [0.1, 0.15) is 17.3 Å². The summed E-state index contributed by atoms with van der Waals surface area (Å²) in [5.41, 5.74) is 1.54. The fourth-order valence-electron chi connectivity index (χ4n) is 2.73. The van der Waals surface area contributed by atoms with Crippen molar-refractivity contribution in [2.24, 2.45) is 0 Å². The highest BCUT2D eigenvalue weighted by Crippen LogP contribution is 2.27. The summed E-state index contributed by atoms with van der Waals surface area (Å²) in [5, 5.41) is 9.14. The van der Waals surface area contributed by atoms with Crippen molar-refractivity contribution >= 4 is 23.1 Å². The van der Waals surface area contributed by atoms with E-state index in [1.165, 1.54) is 34.2 Å². The molecule has 0 saturated carbocycles. The maximum Gasteiger partial charge on any atom is 0.256 e. The molecule has 146 valence electrons. The van der Waals surface area contributed by atoms with E-state index in [1.54, 1.807) is 19.9 Å². The molecule has 4 rings (SSSR count). The number of aromatic nitrogens is 4. The van der Waals surface area contributed by atoms with Crippen LogP contribution in [0.5, 0.6) is 0 Å². The molecule has 1 amide bonds. The lowest BCUT2D eigenvalue weighted by molar-refractivity contribution is 0.102. The molecule has 3 heterocycles. The lowest BCUT2D eigenvalue weighted by Gasteiger charge is -2.09. The van der Waals surface area contributed by atoms with Crippen LogP contribution in [-0.2, 0) is 0 Å². The lowest BCUT2D eigenvalue weighted by Crippen LogP contribution is -2.20. The Kier molecular flexibility index (Phi) is 4.81. The van der Waals surface area contributed by atoms with E-state index >= 15 is 0 Å². The maximum absolute atomic E-state index is 13.5. The number of H-pyrrole nitrogens is 1. The molecule has 4 aromatic rings. The molecular formula is C20H16FN5O2S. The third-order valence-corrected chi connectivity index (χ3v) is 5.29. The van der Waals surface area contributed by atoms with E-state index in [-0.39, 0.29) is 17.1 Å². The van der Waals surface area contributed by atoms with E-state index in [0.717, 1.165) is 10.9 Å². The second kappa shape index (κ2) is 7.44. The number of anilines is 1. The summed E-state index contributed by atoms with van der Waals surface area (Å²) in [6, 6.07) is 10.8. The predicted octanol–water partition coefficient (Wildman–Crippen LogP) is 3.69. The van der Waals surface area contributed by atoms with Crippen molar-refractivity contribution in [1.82, 2.24) is 19.7 Å². The number of aromatic amines is 1. The van der Waals surface area contributed by atoms with Crippen LogP contribution in [0.2, 0.25) is 0 Å². The Hall–Kier alpha value is -3.59. The number of benzene rings is 1. The van der Waals surface area contributed by atoms with E-state index in [4.69, 9.17) is 0 Å². The largest absolute Gasteiger partial charge is 0.306 e. The topological polar surface area (TPSA) is 92.7 Å². The Morgan fingerprint density at radius 2 is 2.03 bits per heavy atom. The third kappa shape index (κ3) is 3.72. The van der Waals surface area contributed by atoms with Crippen molar-refractivity contribution in [3.63, 3.8) is 0 Å². The number of amides is 1. The first-order chi connectivity index (χ1) is 13.9. The molecule has 0 bridgehead atoms. The minimum absolute atomic E-state index is 0.164. The van der Waals surface area contributed by atoms with E-state index in [9.17, 15) is 14.0 Å². The summed E-state index contributed by atoms with van der Waals surface area (Å²) in [6.07, 6.45) is 0. The Balaban J connectivity index is 1.80. The number of hydrogen-bond donors (Lipinski definition) is 2. The molecule has 0 fully saturated rings. The van der Waals surface area contributed by atoms with Crippen LogP contribution in [0.25, 0.3) is 16.5 Å². The van der Waals surface area contributed by atoms with Crippen molar-refractivity contribution in [2.45, 2.75) is 13.8 Å². The number of thiophene rings is 1. The zero-order valence-electron chi connectivity index (χ0n) is 15.6. The Labute approximate surface area is 168 Å². The van der Waals surface area contributed by atoms with Gasteiger partial charge in [-0.05, 0) is 43.5 Å². The van der Waals surface area contributed by atoms with Crippen molar-refractivity contribution in [3.8, 4) is 16.5 Å². The molecule has 0 spiro atoms. The minimum atomic E-state index is -0.509. The van der Waals surface area contributed by atoms with Crippen molar-refractivity contribution in [2.75, 3.05) is 5.32 Å². The van der Waals surface area contributed by atoms with Crippen LogP contribution in [0, 0.1) is 19.7 Å². The summed E-state index contributed by atoms with van der Waals surface area (Å²) >= 11 is 1.49. The summed E-state index contributed by atoms with van der Waals surface area (Å²) in [5.74, 6) is -0.537. The molecule has 0 atom stereocenters. The molecule has 29 heavy (non-hydrogen) atoms. The second-order valence-corrected chi connectivity index (χ2v) is 7.32. The normalized spacial score (nSPS) is 10.9. The van der Waals surface area contributed by atoms with Gasteiger partial charge in [0.25, 0.3) is 11.5 Å². The first kappa shape index (κ1) is 18.8. The highest BCUT2D eigenvalue weighted by Gasteiger charge is 2.18. The van der Waals surface area contributed by atoms with Crippen molar-refractivity contribution in [3.05, 3.63) is 80.8 Å². The highest BCUT2D eigenvalue weighted by molar-refractivity contribution is 7.13. The molecule has 0 unspecified atom stereocenters. The maximum atomic E-state index is 13.5. The molecule has 9 heteroatoms. The number of rotatable bonds is 4. The van der Waals surface area contributed by atoms with Gasteiger partial charge in [-0.1, -0.05) is 12.1 Å². The molecule has 0 radical (unpaired) electrons. The molecular weight excluding hydrogens is 393 g/mol. The number of nitrogens with one attached hydrogen (secondary N) is 2. The van der Waals surface area contributed by atoms with Crippen molar-refractivity contribution < 1.29 is 9.18 Å². The number of hydrogen-bond acceptors (Lipinski definition) is 5. The monoisotopic (exact) mass is 409 g/mol. The van der Waals surface area contributed by atoms with Crippen LogP contribution in [0.4, 0.5) is 10.2 Å². The van der Waals surface area contributed by atoms with Gasteiger partial charge in [-0.15, -0.1) is 11.3 Å².